The van der Waals surface area contributed by atoms with E-state index in [2.05, 4.69) is 15.3 Å². The lowest BCUT2D eigenvalue weighted by Gasteiger charge is -2.18. The van der Waals surface area contributed by atoms with Gasteiger partial charge in [0, 0.05) is 42.6 Å². The zero-order valence-electron chi connectivity index (χ0n) is 12.0. The Bertz CT molecular complexity index is 569. The molecule has 2 aromatic rings. The monoisotopic (exact) mass is 290 g/mol. The lowest BCUT2D eigenvalue weighted by Crippen LogP contribution is -2.20. The molecule has 0 aliphatic heterocycles. The van der Waals surface area contributed by atoms with Gasteiger partial charge in [0.15, 0.2) is 0 Å². The maximum absolute atomic E-state index is 5.89. The summed E-state index contributed by atoms with van der Waals surface area (Å²) in [6.07, 6.45) is 1.88. The van der Waals surface area contributed by atoms with E-state index in [0.717, 1.165) is 35.3 Å². The number of anilines is 1. The summed E-state index contributed by atoms with van der Waals surface area (Å²) in [6, 6.07) is 7.82. The van der Waals surface area contributed by atoms with Crippen LogP contribution in [0.3, 0.4) is 0 Å². The van der Waals surface area contributed by atoms with Crippen molar-refractivity contribution in [2.24, 2.45) is 0 Å². The van der Waals surface area contributed by atoms with Crippen LogP contribution in [-0.4, -0.2) is 24.1 Å². The molecular formula is C15H19ClN4. The van der Waals surface area contributed by atoms with Crippen LogP contribution in [0.25, 0.3) is 0 Å². The highest BCUT2D eigenvalue weighted by Gasteiger charge is 2.08. The first-order valence-corrected chi connectivity index (χ1v) is 6.90. The molecular weight excluding hydrogens is 272 g/mol. The Morgan fingerprint density at radius 1 is 1.25 bits per heavy atom. The molecule has 0 amide bonds. The summed E-state index contributed by atoms with van der Waals surface area (Å²) in [6.45, 7) is 3.54. The molecule has 0 bridgehead atoms. The van der Waals surface area contributed by atoms with E-state index in [1.54, 1.807) is 0 Å². The number of hydrogen-bond acceptors (Lipinski definition) is 4. The molecule has 0 aliphatic carbocycles. The van der Waals surface area contributed by atoms with Crippen molar-refractivity contribution in [2.45, 2.75) is 20.0 Å². The van der Waals surface area contributed by atoms with Crippen molar-refractivity contribution in [3.05, 3.63) is 52.3 Å². The van der Waals surface area contributed by atoms with E-state index in [1.807, 2.05) is 56.4 Å². The van der Waals surface area contributed by atoms with Crippen LogP contribution in [0.15, 0.2) is 30.5 Å². The predicted molar refractivity (Wildman–Crippen MR) is 83.1 cm³/mol. The fourth-order valence-electron chi connectivity index (χ4n) is 1.96. The number of aryl methyl sites for hydroxylation is 1. The van der Waals surface area contributed by atoms with Crippen LogP contribution in [0.5, 0.6) is 0 Å². The molecule has 20 heavy (non-hydrogen) atoms. The summed E-state index contributed by atoms with van der Waals surface area (Å²) >= 11 is 5.89. The number of hydrogen-bond donors (Lipinski definition) is 1. The Morgan fingerprint density at radius 3 is 2.55 bits per heavy atom. The highest BCUT2D eigenvalue weighted by atomic mass is 35.5. The second-order valence-corrected chi connectivity index (χ2v) is 5.23. The Kier molecular flexibility index (Phi) is 4.93. The second kappa shape index (κ2) is 6.68. The van der Waals surface area contributed by atoms with Gasteiger partial charge in [-0.05, 0) is 31.7 Å². The fourth-order valence-corrected chi connectivity index (χ4v) is 2.09. The van der Waals surface area contributed by atoms with Crippen molar-refractivity contribution in [3.8, 4) is 0 Å². The average Bonchev–Trinajstić information content (AvgIpc) is 2.44. The van der Waals surface area contributed by atoms with E-state index in [1.165, 1.54) is 5.56 Å². The number of nitrogens with one attached hydrogen (secondary N) is 1. The zero-order chi connectivity index (χ0) is 14.5. The molecule has 5 heteroatoms. The normalized spacial score (nSPS) is 10.6. The third kappa shape index (κ3) is 3.68. The molecule has 1 N–H and O–H groups in total. The summed E-state index contributed by atoms with van der Waals surface area (Å²) in [7, 11) is 3.90. The van der Waals surface area contributed by atoms with Crippen molar-refractivity contribution in [1.82, 2.24) is 15.3 Å². The Balaban J connectivity index is 2.10. The van der Waals surface area contributed by atoms with Crippen LogP contribution in [0.4, 0.5) is 5.95 Å². The highest BCUT2D eigenvalue weighted by molar-refractivity contribution is 6.30. The Hall–Kier alpha value is -1.65. The number of nitrogens with zero attached hydrogens (tertiary/aromatic N) is 3. The van der Waals surface area contributed by atoms with Gasteiger partial charge in [-0.2, -0.15) is 0 Å². The van der Waals surface area contributed by atoms with E-state index in [-0.39, 0.29) is 0 Å². The van der Waals surface area contributed by atoms with Crippen LogP contribution in [0.2, 0.25) is 5.02 Å². The highest BCUT2D eigenvalue weighted by Crippen LogP contribution is 2.15. The molecule has 0 atom stereocenters. The molecule has 1 aromatic carbocycles. The van der Waals surface area contributed by atoms with Crippen LogP contribution in [0, 0.1) is 6.92 Å². The van der Waals surface area contributed by atoms with Crippen molar-refractivity contribution in [1.29, 1.82) is 0 Å². The van der Waals surface area contributed by atoms with Crippen molar-refractivity contribution in [3.63, 3.8) is 0 Å². The minimum Gasteiger partial charge on any atom is -0.340 e. The quantitative estimate of drug-likeness (QED) is 0.919. The van der Waals surface area contributed by atoms with E-state index >= 15 is 0 Å². The lowest BCUT2D eigenvalue weighted by atomic mass is 10.2. The number of benzene rings is 1. The second-order valence-electron chi connectivity index (χ2n) is 4.79. The molecule has 0 radical (unpaired) electrons. The maximum atomic E-state index is 5.89. The minimum absolute atomic E-state index is 0.734. The van der Waals surface area contributed by atoms with Gasteiger partial charge >= 0.3 is 0 Å². The van der Waals surface area contributed by atoms with Crippen LogP contribution >= 0.6 is 11.6 Å². The molecule has 0 fully saturated rings. The zero-order valence-corrected chi connectivity index (χ0v) is 12.8. The van der Waals surface area contributed by atoms with Crippen molar-refractivity contribution < 1.29 is 0 Å². The fraction of sp³-hybridized carbons (Fsp3) is 0.333. The Labute approximate surface area is 124 Å². The molecule has 1 heterocycles. The van der Waals surface area contributed by atoms with E-state index in [4.69, 9.17) is 11.6 Å². The molecule has 0 aliphatic rings. The van der Waals surface area contributed by atoms with E-state index < -0.39 is 0 Å². The topological polar surface area (TPSA) is 41.1 Å². The van der Waals surface area contributed by atoms with E-state index in [9.17, 15) is 0 Å². The minimum atomic E-state index is 0.734. The standard InChI is InChI=1S/C15H19ClN4/c1-11-13(8-17-2)9-18-15(19-11)20(3)10-12-4-6-14(16)7-5-12/h4-7,9,17H,8,10H2,1-3H3. The van der Waals surface area contributed by atoms with Gasteiger partial charge in [0.1, 0.15) is 0 Å². The maximum Gasteiger partial charge on any atom is 0.225 e. The molecule has 4 nitrogen and oxygen atoms in total. The summed E-state index contributed by atoms with van der Waals surface area (Å²) in [5.41, 5.74) is 3.31. The molecule has 0 saturated heterocycles. The van der Waals surface area contributed by atoms with Crippen LogP contribution in [0.1, 0.15) is 16.8 Å². The van der Waals surface area contributed by atoms with Crippen LogP contribution in [-0.2, 0) is 13.1 Å². The first kappa shape index (κ1) is 14.8. The van der Waals surface area contributed by atoms with Crippen LogP contribution < -0.4 is 10.2 Å². The summed E-state index contributed by atoms with van der Waals surface area (Å²) in [5.74, 6) is 0.734. The van der Waals surface area contributed by atoms with Gasteiger partial charge in [0.25, 0.3) is 0 Å². The Morgan fingerprint density at radius 2 is 1.95 bits per heavy atom. The molecule has 2 rings (SSSR count). The average molecular weight is 291 g/mol. The smallest absolute Gasteiger partial charge is 0.225 e. The third-order valence-corrected chi connectivity index (χ3v) is 3.36. The molecule has 0 spiro atoms. The van der Waals surface area contributed by atoms with Gasteiger partial charge in [0.2, 0.25) is 5.95 Å². The number of halogens is 1. The molecule has 1 aromatic heterocycles. The first-order valence-electron chi connectivity index (χ1n) is 6.53. The van der Waals surface area contributed by atoms with Gasteiger partial charge in [0.05, 0.1) is 0 Å². The number of rotatable bonds is 5. The van der Waals surface area contributed by atoms with Crippen molar-refractivity contribution in [2.75, 3.05) is 19.0 Å². The van der Waals surface area contributed by atoms with Crippen molar-refractivity contribution >= 4 is 17.5 Å². The summed E-state index contributed by atoms with van der Waals surface area (Å²) < 4.78 is 0. The van der Waals surface area contributed by atoms with Gasteiger partial charge in [-0.25, -0.2) is 9.97 Å². The summed E-state index contributed by atoms with van der Waals surface area (Å²) in [4.78, 5) is 11.0. The predicted octanol–water partition coefficient (Wildman–Crippen LogP) is 2.79. The van der Waals surface area contributed by atoms with Gasteiger partial charge in [-0.1, -0.05) is 23.7 Å². The first-order chi connectivity index (χ1) is 9.60. The summed E-state index contributed by atoms with van der Waals surface area (Å²) in [5, 5.41) is 3.86. The largest absolute Gasteiger partial charge is 0.340 e. The molecule has 106 valence electrons. The van der Waals surface area contributed by atoms with Gasteiger partial charge < -0.3 is 10.2 Å². The van der Waals surface area contributed by atoms with Gasteiger partial charge in [-0.3, -0.25) is 0 Å². The molecule has 0 saturated carbocycles. The SMILES string of the molecule is CNCc1cnc(N(C)Cc2ccc(Cl)cc2)nc1C. The van der Waals surface area contributed by atoms with Gasteiger partial charge in [-0.15, -0.1) is 0 Å². The lowest BCUT2D eigenvalue weighted by molar-refractivity contribution is 0.785. The van der Waals surface area contributed by atoms with E-state index in [0.29, 0.717) is 0 Å². The molecule has 0 unspecified atom stereocenters. The number of aromatic nitrogens is 2. The third-order valence-electron chi connectivity index (χ3n) is 3.11.